The number of nitrogen functional groups attached to an aromatic ring is 1. The van der Waals surface area contributed by atoms with Gasteiger partial charge >= 0.3 is 0 Å². The van der Waals surface area contributed by atoms with Crippen LogP contribution >= 0.6 is 0 Å². The number of nitrogens with two attached hydrogens (primary N) is 1. The average molecular weight is 576 g/mol. The molecule has 1 saturated heterocycles. The molecule has 5 aromatic rings. The standard InChI is InChI=1S/C32H33N9O2/c1-3-29(42)39-16-12-21(13-17-39)35-25-9-6-20-19-22(7-8-23(20)25)41-31(24-5-4-15-34-30(24)33)36-26-10-11-27(37-32(26)41)40-18-14-28(38-40)43-2/h3-5,7-8,10-11,14-15,18-19,21,25,35H,1,6,9,12-13,16-17H2,2H3,(H2,33,34). The molecule has 1 atom stereocenters. The van der Waals surface area contributed by atoms with E-state index < -0.39 is 0 Å². The second-order valence-electron chi connectivity index (χ2n) is 11.0. The van der Waals surface area contributed by atoms with Crippen LogP contribution in [-0.4, -0.2) is 66.3 Å². The molecule has 11 nitrogen and oxygen atoms in total. The fourth-order valence-corrected chi connectivity index (χ4v) is 6.25. The first kappa shape index (κ1) is 26.8. The number of benzene rings is 1. The van der Waals surface area contributed by atoms with Crippen LogP contribution in [0.5, 0.6) is 5.88 Å². The van der Waals surface area contributed by atoms with E-state index in [0.29, 0.717) is 35.0 Å². The Balaban J connectivity index is 1.24. The number of likely N-dealkylation sites (tertiary alicyclic amines) is 1. The van der Waals surface area contributed by atoms with Gasteiger partial charge in [-0.15, -0.1) is 5.10 Å². The van der Waals surface area contributed by atoms with Crippen LogP contribution < -0.4 is 15.8 Å². The molecular weight excluding hydrogens is 542 g/mol. The Kier molecular flexibility index (Phi) is 6.86. The van der Waals surface area contributed by atoms with Gasteiger partial charge in [0.05, 0.1) is 12.7 Å². The Hall–Kier alpha value is -5.03. The molecule has 3 N–H and O–H groups in total. The van der Waals surface area contributed by atoms with Crippen LogP contribution in [0.25, 0.3) is 34.1 Å². The van der Waals surface area contributed by atoms with Crippen molar-refractivity contribution in [2.75, 3.05) is 25.9 Å². The molecule has 1 fully saturated rings. The van der Waals surface area contributed by atoms with Gasteiger partial charge in [-0.25, -0.2) is 19.6 Å². The molecular formula is C32H33N9O2. The van der Waals surface area contributed by atoms with Gasteiger partial charge in [-0.2, -0.15) is 0 Å². The van der Waals surface area contributed by atoms with Gasteiger partial charge in [0.25, 0.3) is 0 Å². The number of anilines is 1. The summed E-state index contributed by atoms with van der Waals surface area (Å²) >= 11 is 0. The van der Waals surface area contributed by atoms with Crippen molar-refractivity contribution >= 4 is 22.9 Å². The minimum atomic E-state index is 0.0163. The fourth-order valence-electron chi connectivity index (χ4n) is 6.25. The number of carbonyl (C=O) groups excluding carboxylic acids is 1. The van der Waals surface area contributed by atoms with Crippen LogP contribution in [-0.2, 0) is 11.2 Å². The molecule has 218 valence electrons. The summed E-state index contributed by atoms with van der Waals surface area (Å²) in [6.45, 7) is 5.14. The van der Waals surface area contributed by atoms with E-state index in [4.69, 9.17) is 20.4 Å². The lowest BCUT2D eigenvalue weighted by atomic mass is 10.0. The molecule has 1 aliphatic carbocycles. The Morgan fingerprint density at radius 3 is 2.74 bits per heavy atom. The quantitative estimate of drug-likeness (QED) is 0.279. The van der Waals surface area contributed by atoms with Crippen molar-refractivity contribution in [3.05, 3.63) is 84.7 Å². The number of hydrogen-bond donors (Lipinski definition) is 2. The van der Waals surface area contributed by atoms with Gasteiger partial charge < -0.3 is 20.7 Å². The summed E-state index contributed by atoms with van der Waals surface area (Å²) < 4.78 is 9.01. The van der Waals surface area contributed by atoms with E-state index in [-0.39, 0.29) is 11.9 Å². The molecule has 1 aromatic carbocycles. The van der Waals surface area contributed by atoms with Crippen molar-refractivity contribution in [3.8, 4) is 28.8 Å². The zero-order chi connectivity index (χ0) is 29.5. The summed E-state index contributed by atoms with van der Waals surface area (Å²) in [5.41, 5.74) is 12.1. The Bertz CT molecular complexity index is 1830. The van der Waals surface area contributed by atoms with Gasteiger partial charge in [-0.05, 0) is 79.3 Å². The van der Waals surface area contributed by atoms with Crippen molar-refractivity contribution in [2.24, 2.45) is 0 Å². The molecule has 1 unspecified atom stereocenters. The van der Waals surface area contributed by atoms with Crippen LogP contribution in [0.3, 0.4) is 0 Å². The maximum atomic E-state index is 12.0. The van der Waals surface area contributed by atoms with Crippen LogP contribution in [0, 0.1) is 0 Å². The monoisotopic (exact) mass is 575 g/mol. The number of ether oxygens (including phenoxy) is 1. The number of nitrogens with zero attached hydrogens (tertiary/aromatic N) is 7. The van der Waals surface area contributed by atoms with E-state index in [0.717, 1.165) is 55.5 Å². The maximum absolute atomic E-state index is 12.0. The molecule has 1 amide bonds. The number of aromatic nitrogens is 6. The minimum absolute atomic E-state index is 0.0163. The van der Waals surface area contributed by atoms with Gasteiger partial charge in [-0.3, -0.25) is 9.36 Å². The second kappa shape index (κ2) is 11.0. The number of imidazole rings is 1. The number of pyridine rings is 2. The molecule has 5 heterocycles. The van der Waals surface area contributed by atoms with Crippen molar-refractivity contribution in [1.29, 1.82) is 0 Å². The lowest BCUT2D eigenvalue weighted by Gasteiger charge is -2.33. The topological polar surface area (TPSA) is 129 Å². The zero-order valence-electron chi connectivity index (χ0n) is 24.0. The molecule has 7 rings (SSSR count). The van der Waals surface area contributed by atoms with Crippen LogP contribution in [0.15, 0.2) is 73.6 Å². The summed E-state index contributed by atoms with van der Waals surface area (Å²) in [5, 5.41) is 8.32. The summed E-state index contributed by atoms with van der Waals surface area (Å²) in [7, 11) is 1.59. The lowest BCUT2D eigenvalue weighted by Crippen LogP contribution is -2.45. The summed E-state index contributed by atoms with van der Waals surface area (Å²) in [5.74, 6) is 2.26. The number of fused-ring (bicyclic) bond motifs is 2. The smallest absolute Gasteiger partial charge is 0.245 e. The van der Waals surface area contributed by atoms with Crippen molar-refractivity contribution < 1.29 is 9.53 Å². The third-order valence-corrected chi connectivity index (χ3v) is 8.46. The molecule has 0 bridgehead atoms. The van der Waals surface area contributed by atoms with E-state index in [9.17, 15) is 4.79 Å². The number of amides is 1. The molecule has 1 aliphatic heterocycles. The van der Waals surface area contributed by atoms with Crippen LogP contribution in [0.1, 0.15) is 36.4 Å². The van der Waals surface area contributed by atoms with Gasteiger partial charge in [0, 0.05) is 49.3 Å². The Morgan fingerprint density at radius 2 is 1.98 bits per heavy atom. The highest BCUT2D eigenvalue weighted by atomic mass is 16.5. The SMILES string of the molecule is C=CC(=O)N1CCC(NC2CCc3cc(-n4c(-c5cccnc5N)nc5ccc(-n6ccc(OC)n6)nc54)ccc32)CC1. The van der Waals surface area contributed by atoms with Crippen LogP contribution in [0.4, 0.5) is 5.82 Å². The minimum Gasteiger partial charge on any atom is -0.480 e. The maximum Gasteiger partial charge on any atom is 0.245 e. The molecule has 0 spiro atoms. The Labute approximate surface area is 249 Å². The van der Waals surface area contributed by atoms with E-state index in [1.807, 2.05) is 35.4 Å². The van der Waals surface area contributed by atoms with Gasteiger partial charge in [0.15, 0.2) is 17.3 Å². The molecule has 11 heteroatoms. The average Bonchev–Trinajstić information content (AvgIpc) is 3.78. The van der Waals surface area contributed by atoms with E-state index in [2.05, 4.69) is 44.7 Å². The van der Waals surface area contributed by atoms with Crippen molar-refractivity contribution in [1.82, 2.24) is 39.5 Å². The summed E-state index contributed by atoms with van der Waals surface area (Å²) in [4.78, 5) is 28.1. The first-order valence-corrected chi connectivity index (χ1v) is 14.5. The predicted molar refractivity (Wildman–Crippen MR) is 164 cm³/mol. The first-order chi connectivity index (χ1) is 21.0. The van der Waals surface area contributed by atoms with Gasteiger partial charge in [-0.1, -0.05) is 12.6 Å². The first-order valence-electron chi connectivity index (χ1n) is 14.5. The molecule has 0 radical (unpaired) electrons. The normalized spacial score (nSPS) is 16.9. The highest BCUT2D eigenvalue weighted by Gasteiger charge is 2.29. The number of hydrogen-bond acceptors (Lipinski definition) is 8. The third-order valence-electron chi connectivity index (χ3n) is 8.46. The van der Waals surface area contributed by atoms with Crippen LogP contribution in [0.2, 0.25) is 0 Å². The molecule has 2 aliphatic rings. The highest BCUT2D eigenvalue weighted by molar-refractivity contribution is 5.87. The summed E-state index contributed by atoms with van der Waals surface area (Å²) in [6, 6.07) is 16.7. The third kappa shape index (κ3) is 4.91. The number of carbonyl (C=O) groups is 1. The predicted octanol–water partition coefficient (Wildman–Crippen LogP) is 4.01. The molecule has 0 saturated carbocycles. The number of piperidine rings is 1. The molecule has 4 aromatic heterocycles. The molecule has 43 heavy (non-hydrogen) atoms. The van der Waals surface area contributed by atoms with Gasteiger partial charge in [0.2, 0.25) is 11.8 Å². The fraction of sp³-hybridized carbons (Fsp3) is 0.281. The Morgan fingerprint density at radius 1 is 1.12 bits per heavy atom. The van der Waals surface area contributed by atoms with E-state index in [1.54, 1.807) is 24.1 Å². The highest BCUT2D eigenvalue weighted by Crippen LogP contribution is 2.36. The number of nitrogens with one attached hydrogen (secondary N) is 1. The van der Waals surface area contributed by atoms with E-state index in [1.165, 1.54) is 17.2 Å². The van der Waals surface area contributed by atoms with Gasteiger partial charge in [0.1, 0.15) is 11.3 Å². The van der Waals surface area contributed by atoms with E-state index >= 15 is 0 Å². The number of aryl methyl sites for hydroxylation is 1. The second-order valence-corrected chi connectivity index (χ2v) is 11.0. The lowest BCUT2D eigenvalue weighted by molar-refractivity contribution is -0.127. The van der Waals surface area contributed by atoms with Crippen molar-refractivity contribution in [2.45, 2.75) is 37.8 Å². The number of methoxy groups -OCH3 is 1. The van der Waals surface area contributed by atoms with Crippen molar-refractivity contribution in [3.63, 3.8) is 0 Å². The number of rotatable bonds is 7. The summed E-state index contributed by atoms with van der Waals surface area (Å²) in [6.07, 6.45) is 8.78. The largest absolute Gasteiger partial charge is 0.480 e. The zero-order valence-corrected chi connectivity index (χ0v) is 24.0.